The zero-order chi connectivity index (χ0) is 22.7. The molecule has 3 aromatic rings. The smallest absolute Gasteiger partial charge is 0.267 e. The first-order valence-corrected chi connectivity index (χ1v) is 11.7. The molecule has 3 nitrogen and oxygen atoms in total. The lowest BCUT2D eigenvalue weighted by Gasteiger charge is -2.24. The van der Waals surface area contributed by atoms with Crippen molar-refractivity contribution >= 4 is 34.6 Å². The maximum atomic E-state index is 13.5. The molecule has 0 radical (unpaired) electrons. The first-order valence-electron chi connectivity index (χ1n) is 10.9. The van der Waals surface area contributed by atoms with Crippen molar-refractivity contribution in [3.8, 4) is 0 Å². The van der Waals surface area contributed by atoms with E-state index in [1.165, 1.54) is 17.3 Å². The van der Waals surface area contributed by atoms with E-state index in [9.17, 15) is 4.79 Å². The van der Waals surface area contributed by atoms with E-state index < -0.39 is 0 Å². The van der Waals surface area contributed by atoms with Crippen molar-refractivity contribution in [3.63, 3.8) is 0 Å². The van der Waals surface area contributed by atoms with Gasteiger partial charge in [-0.05, 0) is 59.0 Å². The van der Waals surface area contributed by atoms with Crippen molar-refractivity contribution in [2.45, 2.75) is 39.2 Å². The van der Waals surface area contributed by atoms with E-state index in [1.54, 1.807) is 0 Å². The summed E-state index contributed by atoms with van der Waals surface area (Å²) >= 11 is 1.44. The molecule has 1 saturated heterocycles. The predicted octanol–water partition coefficient (Wildman–Crippen LogP) is 7.35. The minimum absolute atomic E-state index is 0.0130. The fourth-order valence-corrected chi connectivity index (χ4v) is 4.70. The van der Waals surface area contributed by atoms with Crippen LogP contribution in [0.4, 0.5) is 5.69 Å². The zero-order valence-corrected chi connectivity index (χ0v) is 19.8. The number of carbonyl (C=O) groups is 1. The molecule has 1 aliphatic heterocycles. The zero-order valence-electron chi connectivity index (χ0n) is 18.9. The van der Waals surface area contributed by atoms with Crippen LogP contribution in [-0.2, 0) is 10.2 Å². The van der Waals surface area contributed by atoms with Crippen molar-refractivity contribution < 1.29 is 4.79 Å². The molecule has 1 heterocycles. The van der Waals surface area contributed by atoms with Crippen LogP contribution in [0.25, 0.3) is 6.08 Å². The summed E-state index contributed by atoms with van der Waals surface area (Å²) in [6, 6.07) is 28.2. The lowest BCUT2D eigenvalue weighted by Crippen LogP contribution is -2.32. The van der Waals surface area contributed by atoms with Crippen molar-refractivity contribution in [2.75, 3.05) is 0 Å². The Morgan fingerprint density at radius 1 is 0.875 bits per heavy atom. The molecule has 0 spiro atoms. The second kappa shape index (κ2) is 9.17. The van der Waals surface area contributed by atoms with Gasteiger partial charge in [0.05, 0.1) is 16.6 Å². The Bertz CT molecular complexity index is 1140. The molecular weight excluding hydrogens is 412 g/mol. The Labute approximate surface area is 194 Å². The van der Waals surface area contributed by atoms with Gasteiger partial charge in [-0.2, -0.15) is 0 Å². The number of para-hydroxylation sites is 1. The van der Waals surface area contributed by atoms with Gasteiger partial charge in [-0.1, -0.05) is 93.6 Å². The van der Waals surface area contributed by atoms with Crippen molar-refractivity contribution in [2.24, 2.45) is 4.99 Å². The first kappa shape index (κ1) is 22.1. The lowest BCUT2D eigenvalue weighted by atomic mass is 9.87. The number of hydrogen-bond donors (Lipinski definition) is 0. The number of carbonyl (C=O) groups excluding carboxylic acids is 1. The molecule has 0 saturated carbocycles. The van der Waals surface area contributed by atoms with Crippen molar-refractivity contribution in [3.05, 3.63) is 107 Å². The Hall–Kier alpha value is -3.11. The fourth-order valence-electron chi connectivity index (χ4n) is 3.63. The standard InChI is InChI=1S/C28H28N2OS/c1-20(22-11-7-5-8-12-22)30-26(31)25(32-27(30)29-24-13-9-6-10-14-24)19-21-15-17-23(18-16-21)28(2,3)4/h5-20H,1-4H3/b25-19+,29-27?/t20-/m1/s1. The van der Waals surface area contributed by atoms with Gasteiger partial charge in [0.15, 0.2) is 5.17 Å². The summed E-state index contributed by atoms with van der Waals surface area (Å²) < 4.78 is 0. The van der Waals surface area contributed by atoms with Gasteiger partial charge in [-0.3, -0.25) is 9.69 Å². The number of thioether (sulfide) groups is 1. The molecule has 0 unspecified atom stereocenters. The summed E-state index contributed by atoms with van der Waals surface area (Å²) in [4.78, 5) is 20.8. The molecule has 1 amide bonds. The van der Waals surface area contributed by atoms with Gasteiger partial charge >= 0.3 is 0 Å². The second-order valence-electron chi connectivity index (χ2n) is 8.97. The third-order valence-electron chi connectivity index (χ3n) is 5.56. The number of amides is 1. The summed E-state index contributed by atoms with van der Waals surface area (Å²) in [5, 5.41) is 0.704. The average Bonchev–Trinajstić information content (AvgIpc) is 3.08. The van der Waals surface area contributed by atoms with Gasteiger partial charge in [-0.15, -0.1) is 0 Å². The molecule has 0 aromatic heterocycles. The van der Waals surface area contributed by atoms with Crippen LogP contribution < -0.4 is 0 Å². The fraction of sp³-hybridized carbons (Fsp3) is 0.214. The molecule has 3 aromatic carbocycles. The number of nitrogens with zero attached hydrogens (tertiary/aromatic N) is 2. The Kier molecular flexibility index (Phi) is 6.33. The predicted molar refractivity (Wildman–Crippen MR) is 136 cm³/mol. The van der Waals surface area contributed by atoms with Crippen LogP contribution in [0.15, 0.2) is 94.8 Å². The largest absolute Gasteiger partial charge is 0.279 e. The maximum absolute atomic E-state index is 13.5. The molecule has 0 N–H and O–H groups in total. The van der Waals surface area contributed by atoms with E-state index in [-0.39, 0.29) is 17.4 Å². The van der Waals surface area contributed by atoms with E-state index >= 15 is 0 Å². The topological polar surface area (TPSA) is 32.7 Å². The third-order valence-corrected chi connectivity index (χ3v) is 6.54. The van der Waals surface area contributed by atoms with Gasteiger partial charge in [0.25, 0.3) is 5.91 Å². The minimum Gasteiger partial charge on any atom is -0.279 e. The first-order chi connectivity index (χ1) is 15.3. The minimum atomic E-state index is -0.118. The van der Waals surface area contributed by atoms with Crippen LogP contribution in [0.5, 0.6) is 0 Å². The number of benzene rings is 3. The molecule has 1 aliphatic rings. The van der Waals surface area contributed by atoms with E-state index in [1.807, 2.05) is 59.5 Å². The normalized spacial score (nSPS) is 17.9. The molecule has 32 heavy (non-hydrogen) atoms. The highest BCUT2D eigenvalue weighted by molar-refractivity contribution is 8.18. The Morgan fingerprint density at radius 2 is 1.47 bits per heavy atom. The molecule has 1 fully saturated rings. The summed E-state index contributed by atoms with van der Waals surface area (Å²) in [6.45, 7) is 8.65. The molecule has 4 rings (SSSR count). The lowest BCUT2D eigenvalue weighted by molar-refractivity contribution is -0.123. The van der Waals surface area contributed by atoms with Gasteiger partial charge < -0.3 is 0 Å². The quantitative estimate of drug-likeness (QED) is 0.397. The highest BCUT2D eigenvalue weighted by atomic mass is 32.2. The van der Waals surface area contributed by atoms with Crippen LogP contribution in [0, 0.1) is 0 Å². The van der Waals surface area contributed by atoms with E-state index in [0.29, 0.717) is 10.1 Å². The molecule has 1 atom stereocenters. The number of rotatable bonds is 4. The molecular formula is C28H28N2OS. The average molecular weight is 441 g/mol. The highest BCUT2D eigenvalue weighted by Gasteiger charge is 2.37. The Morgan fingerprint density at radius 3 is 2.06 bits per heavy atom. The van der Waals surface area contributed by atoms with Crippen LogP contribution >= 0.6 is 11.8 Å². The van der Waals surface area contributed by atoms with Gasteiger partial charge in [0, 0.05) is 0 Å². The molecule has 162 valence electrons. The van der Waals surface area contributed by atoms with Gasteiger partial charge in [-0.25, -0.2) is 4.99 Å². The van der Waals surface area contributed by atoms with E-state index in [2.05, 4.69) is 64.1 Å². The van der Waals surface area contributed by atoms with Crippen molar-refractivity contribution in [1.82, 2.24) is 4.90 Å². The summed E-state index contributed by atoms with van der Waals surface area (Å²) in [7, 11) is 0. The highest BCUT2D eigenvalue weighted by Crippen LogP contribution is 2.39. The molecule has 4 heteroatoms. The third kappa shape index (κ3) is 4.86. The van der Waals surface area contributed by atoms with Crippen LogP contribution in [-0.4, -0.2) is 16.0 Å². The number of aliphatic imine (C=N–C) groups is 1. The van der Waals surface area contributed by atoms with Gasteiger partial charge in [0.2, 0.25) is 0 Å². The summed E-state index contributed by atoms with van der Waals surface area (Å²) in [6.07, 6.45) is 1.97. The number of hydrogen-bond acceptors (Lipinski definition) is 3. The van der Waals surface area contributed by atoms with Crippen LogP contribution in [0.1, 0.15) is 50.4 Å². The monoisotopic (exact) mass is 440 g/mol. The maximum Gasteiger partial charge on any atom is 0.267 e. The summed E-state index contributed by atoms with van der Waals surface area (Å²) in [5.74, 6) is -0.0130. The second-order valence-corrected chi connectivity index (χ2v) is 9.98. The number of amidine groups is 1. The summed E-state index contributed by atoms with van der Waals surface area (Å²) in [5.41, 5.74) is 4.31. The van der Waals surface area contributed by atoms with Crippen LogP contribution in [0.3, 0.4) is 0 Å². The van der Waals surface area contributed by atoms with Gasteiger partial charge in [0.1, 0.15) is 0 Å². The molecule has 0 bridgehead atoms. The SMILES string of the molecule is C[C@H](c1ccccc1)N1C(=O)/C(=C\c2ccc(C(C)(C)C)cc2)SC1=Nc1ccccc1. The molecule has 0 aliphatic carbocycles. The van der Waals surface area contributed by atoms with E-state index in [0.717, 1.165) is 16.8 Å². The van der Waals surface area contributed by atoms with Crippen LogP contribution in [0.2, 0.25) is 0 Å². The van der Waals surface area contributed by atoms with E-state index in [4.69, 9.17) is 4.99 Å². The Balaban J connectivity index is 1.70. The van der Waals surface area contributed by atoms with Crippen molar-refractivity contribution in [1.29, 1.82) is 0 Å².